The van der Waals surface area contributed by atoms with Crippen molar-refractivity contribution in [3.63, 3.8) is 0 Å². The minimum Gasteiger partial charge on any atom is -0.452 e. The molecule has 8 nitrogen and oxygen atoms in total. The predicted molar refractivity (Wildman–Crippen MR) is 99.0 cm³/mol. The van der Waals surface area contributed by atoms with Gasteiger partial charge in [-0.15, -0.1) is 0 Å². The van der Waals surface area contributed by atoms with Crippen LogP contribution in [0.4, 0.5) is 26.7 Å². The van der Waals surface area contributed by atoms with E-state index in [0.717, 1.165) is 17.3 Å². The molecule has 2 aromatic rings. The van der Waals surface area contributed by atoms with Crippen LogP contribution in [0.2, 0.25) is 0 Å². The number of piperidine rings is 1. The summed E-state index contributed by atoms with van der Waals surface area (Å²) in [6.07, 6.45) is -3.22. The second kappa shape index (κ2) is 8.24. The van der Waals surface area contributed by atoms with Gasteiger partial charge < -0.3 is 9.73 Å². The number of alkyl halides is 3. The third kappa shape index (κ3) is 4.60. The molecule has 14 heteroatoms. The average Bonchev–Trinajstić information content (AvgIpc) is 2.98. The van der Waals surface area contributed by atoms with Crippen LogP contribution in [-0.4, -0.2) is 44.3 Å². The molecule has 3 rings (SSSR count). The van der Waals surface area contributed by atoms with Gasteiger partial charge in [0.1, 0.15) is 5.82 Å². The van der Waals surface area contributed by atoms with Gasteiger partial charge in [-0.2, -0.15) is 12.7 Å². The van der Waals surface area contributed by atoms with Crippen molar-refractivity contribution in [3.8, 4) is 0 Å². The molecule has 4 N–H and O–H groups in total. The molecule has 0 radical (unpaired) electrons. The Balaban J connectivity index is 1.85. The Bertz CT molecular complexity index is 1110. The molecule has 172 valence electrons. The molecule has 1 saturated heterocycles. The molecule has 31 heavy (non-hydrogen) atoms. The van der Waals surface area contributed by atoms with Gasteiger partial charge in [-0.25, -0.2) is 31.9 Å². The van der Waals surface area contributed by atoms with Crippen molar-refractivity contribution in [2.75, 3.05) is 13.1 Å². The number of hydrogen-bond acceptors (Lipinski definition) is 4. The molecular formula is C17H19F5N4O4S. The number of halogens is 5. The molecule has 1 aliphatic rings. The Hall–Kier alpha value is -2.45. The summed E-state index contributed by atoms with van der Waals surface area (Å²) in [5, 5.41) is 8.45. The number of hydrogen-bond donors (Lipinski definition) is 3. The number of carbonyl (C=O) groups excluding carboxylic acids is 1. The van der Waals surface area contributed by atoms with Gasteiger partial charge in [0, 0.05) is 36.1 Å². The number of furan rings is 1. The summed E-state index contributed by atoms with van der Waals surface area (Å²) in [6.45, 7) is 0.999. The molecular weight excluding hydrogens is 451 g/mol. The van der Waals surface area contributed by atoms with E-state index >= 15 is 4.39 Å². The number of rotatable bonds is 5. The second-order valence-electron chi connectivity index (χ2n) is 7.17. The summed E-state index contributed by atoms with van der Waals surface area (Å²) in [5.74, 6) is -7.21. The molecule has 1 fully saturated rings. The second-order valence-corrected chi connectivity index (χ2v) is 8.72. The van der Waals surface area contributed by atoms with Crippen molar-refractivity contribution in [2.24, 2.45) is 5.14 Å². The van der Waals surface area contributed by atoms with Gasteiger partial charge in [0.05, 0.1) is 0 Å². The highest BCUT2D eigenvalue weighted by atomic mass is 32.2. The maximum atomic E-state index is 15.3. The molecule has 0 aliphatic carbocycles. The molecule has 2 heterocycles. The Morgan fingerprint density at radius 1 is 1.35 bits per heavy atom. The van der Waals surface area contributed by atoms with Gasteiger partial charge in [-0.05, 0) is 25.8 Å². The van der Waals surface area contributed by atoms with Crippen molar-refractivity contribution in [2.45, 2.75) is 38.0 Å². The topological polar surface area (TPSA) is 118 Å². The number of urea groups is 1. The van der Waals surface area contributed by atoms with Crippen molar-refractivity contribution < 1.29 is 39.6 Å². The van der Waals surface area contributed by atoms with Crippen LogP contribution in [0.3, 0.4) is 0 Å². The first kappa shape index (κ1) is 23.2. The Morgan fingerprint density at radius 3 is 2.65 bits per heavy atom. The van der Waals surface area contributed by atoms with Crippen molar-refractivity contribution in [1.29, 1.82) is 0 Å². The van der Waals surface area contributed by atoms with Crippen molar-refractivity contribution in [3.05, 3.63) is 35.1 Å². The first-order valence-corrected chi connectivity index (χ1v) is 10.6. The van der Waals surface area contributed by atoms with Gasteiger partial charge in [0.2, 0.25) is 0 Å². The number of carbonyl (C=O) groups is 1. The van der Waals surface area contributed by atoms with Crippen LogP contribution in [0, 0.1) is 18.6 Å². The summed E-state index contributed by atoms with van der Waals surface area (Å²) in [4.78, 5) is 12.2. The molecule has 2 amide bonds. The van der Waals surface area contributed by atoms with Gasteiger partial charge in [0.25, 0.3) is 16.6 Å². The highest BCUT2D eigenvalue weighted by Gasteiger charge is 2.49. The highest BCUT2D eigenvalue weighted by molar-refractivity contribution is 7.86. The number of fused-ring (bicyclic) bond motifs is 1. The summed E-state index contributed by atoms with van der Waals surface area (Å²) in [7, 11) is -4.03. The normalized spacial score (nSPS) is 20.1. The quantitative estimate of drug-likeness (QED) is 0.459. The fourth-order valence-corrected chi connectivity index (χ4v) is 4.25. The maximum Gasteiger partial charge on any atom is 0.318 e. The van der Waals surface area contributed by atoms with Gasteiger partial charge in [-0.1, -0.05) is 0 Å². The summed E-state index contributed by atoms with van der Waals surface area (Å²) < 4.78 is 98.7. The highest BCUT2D eigenvalue weighted by Crippen LogP contribution is 2.38. The fourth-order valence-electron chi connectivity index (χ4n) is 3.48. The fraction of sp³-hybridized carbons (Fsp3) is 0.471. The lowest BCUT2D eigenvalue weighted by Crippen LogP contribution is -2.57. The Kier molecular flexibility index (Phi) is 6.17. The lowest BCUT2D eigenvalue weighted by atomic mass is 10.1. The predicted octanol–water partition coefficient (Wildman–Crippen LogP) is 2.37. The van der Waals surface area contributed by atoms with E-state index in [2.05, 4.69) is 5.32 Å². The first-order chi connectivity index (χ1) is 14.3. The van der Waals surface area contributed by atoms with Crippen LogP contribution in [0.1, 0.15) is 24.2 Å². The molecule has 1 aromatic heterocycles. The molecule has 0 bridgehead atoms. The minimum atomic E-state index is -4.03. The number of nitrogens with two attached hydrogens (primary N) is 1. The van der Waals surface area contributed by atoms with Gasteiger partial charge in [-0.3, -0.25) is 5.32 Å². The van der Waals surface area contributed by atoms with Gasteiger partial charge in [0.15, 0.2) is 17.2 Å². The lowest BCUT2D eigenvalue weighted by Gasteiger charge is -2.32. The number of nitrogens with one attached hydrogen (secondary N) is 2. The third-order valence-electron chi connectivity index (χ3n) is 4.96. The number of amides is 2. The smallest absolute Gasteiger partial charge is 0.318 e. The molecule has 2 unspecified atom stereocenters. The standard InChI is InChI=1S/C17H19F5N4O4S/c1-8-11-5-9(18)6-12(19)13(11)30-14(8)17(22,15(20)21)25-16(27)24-10-3-2-4-26(7-10)31(23,28)29/h5-6,10,15H,2-4,7H2,1H3,(H2,23,28,29)(H2,24,25,27). The third-order valence-corrected chi connectivity index (χ3v) is 6.01. The van der Waals surface area contributed by atoms with E-state index in [9.17, 15) is 30.8 Å². The van der Waals surface area contributed by atoms with Crippen LogP contribution in [-0.2, 0) is 16.0 Å². The van der Waals surface area contributed by atoms with Crippen LogP contribution in [0.5, 0.6) is 0 Å². The van der Waals surface area contributed by atoms with E-state index in [1.165, 1.54) is 5.32 Å². The maximum absolute atomic E-state index is 15.3. The van der Waals surface area contributed by atoms with E-state index in [1.54, 1.807) is 0 Å². The molecule has 2 atom stereocenters. The zero-order valence-corrected chi connectivity index (χ0v) is 16.9. The number of benzene rings is 1. The van der Waals surface area contributed by atoms with Gasteiger partial charge >= 0.3 is 11.8 Å². The average molecular weight is 470 g/mol. The number of aryl methyl sites for hydroxylation is 1. The van der Waals surface area contributed by atoms with E-state index in [4.69, 9.17) is 9.56 Å². The van der Waals surface area contributed by atoms with Crippen molar-refractivity contribution >= 4 is 27.2 Å². The summed E-state index contributed by atoms with van der Waals surface area (Å²) in [5.41, 5.74) is -0.968. The van der Waals surface area contributed by atoms with Crippen molar-refractivity contribution in [1.82, 2.24) is 14.9 Å². The van der Waals surface area contributed by atoms with E-state index < -0.39 is 57.5 Å². The Labute approximate surface area is 173 Å². The van der Waals surface area contributed by atoms with Crippen LogP contribution in [0.25, 0.3) is 11.0 Å². The Morgan fingerprint density at radius 2 is 2.03 bits per heavy atom. The van der Waals surface area contributed by atoms with Crippen LogP contribution in [0.15, 0.2) is 16.5 Å². The summed E-state index contributed by atoms with van der Waals surface area (Å²) in [6, 6.07) is -0.970. The van der Waals surface area contributed by atoms with Crippen LogP contribution < -0.4 is 15.8 Å². The zero-order valence-electron chi connectivity index (χ0n) is 16.1. The molecule has 1 aromatic carbocycles. The van der Waals surface area contributed by atoms with E-state index in [0.29, 0.717) is 18.9 Å². The zero-order chi connectivity index (χ0) is 23.1. The molecule has 0 spiro atoms. The SMILES string of the molecule is Cc1c(C(F)(NC(=O)NC2CCCN(S(N)(=O)=O)C2)C(F)F)oc2c(F)cc(F)cc12. The van der Waals surface area contributed by atoms with E-state index in [-0.39, 0.29) is 24.0 Å². The summed E-state index contributed by atoms with van der Waals surface area (Å²) >= 11 is 0. The number of nitrogens with zero attached hydrogens (tertiary/aromatic N) is 1. The monoisotopic (exact) mass is 470 g/mol. The molecule has 1 aliphatic heterocycles. The first-order valence-electron chi connectivity index (χ1n) is 9.05. The van der Waals surface area contributed by atoms with Crippen LogP contribution >= 0.6 is 0 Å². The lowest BCUT2D eigenvalue weighted by molar-refractivity contribution is -0.0676. The minimum absolute atomic E-state index is 0.114. The largest absolute Gasteiger partial charge is 0.452 e. The van der Waals surface area contributed by atoms with E-state index in [1.807, 2.05) is 0 Å². The molecule has 0 saturated carbocycles.